The van der Waals surface area contributed by atoms with Crippen LogP contribution < -0.4 is 5.32 Å². The van der Waals surface area contributed by atoms with E-state index in [4.69, 9.17) is 0 Å². The summed E-state index contributed by atoms with van der Waals surface area (Å²) >= 11 is 0. The molecule has 3 nitrogen and oxygen atoms in total. The Morgan fingerprint density at radius 1 is 0.850 bits per heavy atom. The quantitative estimate of drug-likeness (QED) is 0.768. The topological polar surface area (TPSA) is 37.8 Å². The molecule has 0 unspecified atom stereocenters. The Balaban J connectivity index is 1.86. The van der Waals surface area contributed by atoms with Crippen molar-refractivity contribution in [2.24, 2.45) is 0 Å². The third kappa shape index (κ3) is 2.83. The Morgan fingerprint density at radius 3 is 2.35 bits per heavy atom. The molecule has 3 aromatic rings. The van der Waals surface area contributed by atoms with Gasteiger partial charge in [0.2, 0.25) is 5.95 Å². The van der Waals surface area contributed by atoms with Crippen LogP contribution in [0.25, 0.3) is 11.3 Å². The van der Waals surface area contributed by atoms with Gasteiger partial charge in [-0.05, 0) is 25.1 Å². The smallest absolute Gasteiger partial charge is 0.227 e. The highest BCUT2D eigenvalue weighted by Gasteiger charge is 2.02. The summed E-state index contributed by atoms with van der Waals surface area (Å²) in [6, 6.07) is 20.2. The fourth-order valence-electron chi connectivity index (χ4n) is 1.95. The van der Waals surface area contributed by atoms with Gasteiger partial charge in [-0.3, -0.25) is 0 Å². The molecular formula is C17H15N3. The summed E-state index contributed by atoms with van der Waals surface area (Å²) in [5.74, 6) is 0.607. The van der Waals surface area contributed by atoms with Gasteiger partial charge >= 0.3 is 0 Å². The molecule has 0 amide bonds. The highest BCUT2D eigenvalue weighted by molar-refractivity contribution is 5.61. The second-order valence-electron chi connectivity index (χ2n) is 4.62. The van der Waals surface area contributed by atoms with Gasteiger partial charge in [0.15, 0.2) is 0 Å². The average molecular weight is 261 g/mol. The number of nitrogens with one attached hydrogen (secondary N) is 1. The van der Waals surface area contributed by atoms with Crippen LogP contribution in [0, 0.1) is 6.92 Å². The molecule has 0 spiro atoms. The third-order valence-electron chi connectivity index (χ3n) is 3.03. The first-order valence-corrected chi connectivity index (χ1v) is 6.53. The predicted molar refractivity (Wildman–Crippen MR) is 81.9 cm³/mol. The van der Waals surface area contributed by atoms with E-state index >= 15 is 0 Å². The minimum absolute atomic E-state index is 0.607. The maximum absolute atomic E-state index is 4.54. The molecule has 0 aliphatic rings. The molecule has 0 saturated heterocycles. The van der Waals surface area contributed by atoms with Crippen molar-refractivity contribution in [3.05, 3.63) is 72.4 Å². The third-order valence-corrected chi connectivity index (χ3v) is 3.03. The number of benzene rings is 2. The molecule has 98 valence electrons. The van der Waals surface area contributed by atoms with Gasteiger partial charge in [0.1, 0.15) is 0 Å². The summed E-state index contributed by atoms with van der Waals surface area (Å²) < 4.78 is 0. The number of rotatable bonds is 3. The molecule has 0 bridgehead atoms. The van der Waals surface area contributed by atoms with E-state index in [1.807, 2.05) is 48.5 Å². The SMILES string of the molecule is Cc1ccc(Nc2nccc(-c3ccccc3)n2)cc1. The Hall–Kier alpha value is -2.68. The van der Waals surface area contributed by atoms with Gasteiger partial charge in [0, 0.05) is 17.4 Å². The van der Waals surface area contributed by atoms with E-state index in [1.54, 1.807) is 6.20 Å². The van der Waals surface area contributed by atoms with Crippen molar-refractivity contribution in [3.63, 3.8) is 0 Å². The lowest BCUT2D eigenvalue weighted by Crippen LogP contribution is -1.97. The largest absolute Gasteiger partial charge is 0.324 e. The van der Waals surface area contributed by atoms with Gasteiger partial charge in [-0.2, -0.15) is 0 Å². The number of hydrogen-bond donors (Lipinski definition) is 1. The summed E-state index contributed by atoms with van der Waals surface area (Å²) in [7, 11) is 0. The monoisotopic (exact) mass is 261 g/mol. The number of hydrogen-bond acceptors (Lipinski definition) is 3. The van der Waals surface area contributed by atoms with Crippen LogP contribution in [0.5, 0.6) is 0 Å². The van der Waals surface area contributed by atoms with Crippen LogP contribution in [-0.4, -0.2) is 9.97 Å². The average Bonchev–Trinajstić information content (AvgIpc) is 2.51. The first-order valence-electron chi connectivity index (χ1n) is 6.53. The summed E-state index contributed by atoms with van der Waals surface area (Å²) in [6.07, 6.45) is 1.77. The first-order chi connectivity index (χ1) is 9.81. The Kier molecular flexibility index (Phi) is 3.42. The highest BCUT2D eigenvalue weighted by Crippen LogP contribution is 2.19. The van der Waals surface area contributed by atoms with Gasteiger partial charge in [0.05, 0.1) is 5.69 Å². The summed E-state index contributed by atoms with van der Waals surface area (Å²) in [4.78, 5) is 8.80. The maximum atomic E-state index is 4.54. The van der Waals surface area contributed by atoms with Gasteiger partial charge in [-0.25, -0.2) is 9.97 Å². The molecule has 3 heteroatoms. The van der Waals surface area contributed by atoms with Crippen LogP contribution in [-0.2, 0) is 0 Å². The Morgan fingerprint density at radius 2 is 1.60 bits per heavy atom. The van der Waals surface area contributed by atoms with Crippen molar-refractivity contribution >= 4 is 11.6 Å². The minimum Gasteiger partial charge on any atom is -0.324 e. The molecule has 1 N–H and O–H groups in total. The second kappa shape index (κ2) is 5.53. The molecule has 0 fully saturated rings. The Labute approximate surface area is 118 Å². The summed E-state index contributed by atoms with van der Waals surface area (Å²) in [5, 5.41) is 3.22. The van der Waals surface area contributed by atoms with E-state index in [-0.39, 0.29) is 0 Å². The molecular weight excluding hydrogens is 246 g/mol. The van der Waals surface area contributed by atoms with Crippen LogP contribution in [0.1, 0.15) is 5.56 Å². The van der Waals surface area contributed by atoms with Gasteiger partial charge in [-0.1, -0.05) is 48.0 Å². The minimum atomic E-state index is 0.607. The van der Waals surface area contributed by atoms with Crippen molar-refractivity contribution in [2.75, 3.05) is 5.32 Å². The zero-order valence-electron chi connectivity index (χ0n) is 11.2. The Bertz CT molecular complexity index is 691. The van der Waals surface area contributed by atoms with Crippen molar-refractivity contribution in [1.29, 1.82) is 0 Å². The zero-order valence-corrected chi connectivity index (χ0v) is 11.2. The zero-order chi connectivity index (χ0) is 13.8. The van der Waals surface area contributed by atoms with E-state index in [9.17, 15) is 0 Å². The number of aromatic nitrogens is 2. The second-order valence-corrected chi connectivity index (χ2v) is 4.62. The lowest BCUT2D eigenvalue weighted by atomic mass is 10.1. The van der Waals surface area contributed by atoms with Crippen molar-refractivity contribution < 1.29 is 0 Å². The van der Waals surface area contributed by atoms with Crippen LogP contribution in [0.2, 0.25) is 0 Å². The van der Waals surface area contributed by atoms with E-state index in [0.717, 1.165) is 16.9 Å². The van der Waals surface area contributed by atoms with Gasteiger partial charge in [0.25, 0.3) is 0 Å². The molecule has 1 heterocycles. The van der Waals surface area contributed by atoms with E-state index in [1.165, 1.54) is 5.56 Å². The van der Waals surface area contributed by atoms with Crippen LogP contribution in [0.15, 0.2) is 66.9 Å². The van der Waals surface area contributed by atoms with Crippen molar-refractivity contribution in [3.8, 4) is 11.3 Å². The molecule has 0 saturated carbocycles. The number of nitrogens with zero attached hydrogens (tertiary/aromatic N) is 2. The molecule has 0 aliphatic carbocycles. The first kappa shape index (κ1) is 12.4. The fraction of sp³-hybridized carbons (Fsp3) is 0.0588. The van der Waals surface area contributed by atoms with Gasteiger partial charge < -0.3 is 5.32 Å². The summed E-state index contributed by atoms with van der Waals surface area (Å²) in [6.45, 7) is 2.07. The molecule has 0 aliphatic heterocycles. The molecule has 20 heavy (non-hydrogen) atoms. The molecule has 3 rings (SSSR count). The number of aryl methyl sites for hydroxylation is 1. The molecule has 1 aromatic heterocycles. The summed E-state index contributed by atoms with van der Waals surface area (Å²) in [5.41, 5.74) is 4.22. The molecule has 0 atom stereocenters. The van der Waals surface area contributed by atoms with Crippen LogP contribution >= 0.6 is 0 Å². The van der Waals surface area contributed by atoms with Crippen LogP contribution in [0.4, 0.5) is 11.6 Å². The normalized spacial score (nSPS) is 10.2. The lowest BCUT2D eigenvalue weighted by molar-refractivity contribution is 1.17. The maximum Gasteiger partial charge on any atom is 0.227 e. The standard InChI is InChI=1S/C17H15N3/c1-13-7-9-15(10-8-13)19-17-18-12-11-16(20-17)14-5-3-2-4-6-14/h2-12H,1H3,(H,18,19,20). The predicted octanol–water partition coefficient (Wildman–Crippen LogP) is 4.20. The lowest BCUT2D eigenvalue weighted by Gasteiger charge is -2.06. The molecule has 0 radical (unpaired) electrons. The number of anilines is 2. The van der Waals surface area contributed by atoms with Crippen LogP contribution in [0.3, 0.4) is 0 Å². The fourth-order valence-corrected chi connectivity index (χ4v) is 1.95. The van der Waals surface area contributed by atoms with Gasteiger partial charge in [-0.15, -0.1) is 0 Å². The van der Waals surface area contributed by atoms with E-state index < -0.39 is 0 Å². The molecule has 2 aromatic carbocycles. The van der Waals surface area contributed by atoms with E-state index in [0.29, 0.717) is 5.95 Å². The highest BCUT2D eigenvalue weighted by atomic mass is 15.1. The van der Waals surface area contributed by atoms with E-state index in [2.05, 4.69) is 34.3 Å². The van der Waals surface area contributed by atoms with Crippen molar-refractivity contribution in [1.82, 2.24) is 9.97 Å². The van der Waals surface area contributed by atoms with Crippen molar-refractivity contribution in [2.45, 2.75) is 6.92 Å².